The Bertz CT molecular complexity index is 888. The quantitative estimate of drug-likeness (QED) is 0.632. The van der Waals surface area contributed by atoms with E-state index in [2.05, 4.69) is 10.2 Å². The minimum atomic E-state index is -0.189. The monoisotopic (exact) mass is 434 g/mol. The number of rotatable bonds is 8. The maximum atomic E-state index is 12.1. The molecule has 7 heteroatoms. The fourth-order valence-electron chi connectivity index (χ4n) is 3.46. The number of para-hydroxylation sites is 1. The van der Waals surface area contributed by atoms with Crippen LogP contribution in [-0.4, -0.2) is 42.8 Å². The molecule has 1 unspecified atom stereocenters. The Hall–Kier alpha value is -2.08. The molecule has 154 valence electrons. The molecule has 0 bridgehead atoms. The molecule has 1 N–H and O–H groups in total. The van der Waals surface area contributed by atoms with Crippen LogP contribution in [0.1, 0.15) is 29.3 Å². The number of ketones is 1. The number of halogens is 2. The number of benzene rings is 2. The molecule has 0 spiro atoms. The van der Waals surface area contributed by atoms with Gasteiger partial charge in [0.1, 0.15) is 5.75 Å². The van der Waals surface area contributed by atoms with Gasteiger partial charge in [-0.3, -0.25) is 14.5 Å². The summed E-state index contributed by atoms with van der Waals surface area (Å²) in [6.45, 7) is 4.68. The number of ether oxygens (including phenoxy) is 1. The predicted molar refractivity (Wildman–Crippen MR) is 115 cm³/mol. The van der Waals surface area contributed by atoms with Crippen molar-refractivity contribution in [3.63, 3.8) is 0 Å². The molecule has 1 heterocycles. The van der Waals surface area contributed by atoms with Gasteiger partial charge in [-0.25, -0.2) is 0 Å². The second-order valence-corrected chi connectivity index (χ2v) is 8.10. The van der Waals surface area contributed by atoms with Crippen LogP contribution < -0.4 is 10.1 Å². The highest BCUT2D eigenvalue weighted by atomic mass is 35.5. The van der Waals surface area contributed by atoms with E-state index in [0.717, 1.165) is 31.6 Å². The first kappa shape index (κ1) is 21.6. The van der Waals surface area contributed by atoms with Crippen molar-refractivity contribution in [1.82, 2.24) is 10.2 Å². The van der Waals surface area contributed by atoms with Crippen molar-refractivity contribution in [3.8, 4) is 5.75 Å². The van der Waals surface area contributed by atoms with Gasteiger partial charge in [0.2, 0.25) is 0 Å². The van der Waals surface area contributed by atoms with E-state index in [1.54, 1.807) is 24.3 Å². The molecule has 1 aliphatic rings. The maximum absolute atomic E-state index is 12.1. The van der Waals surface area contributed by atoms with E-state index in [9.17, 15) is 9.59 Å². The van der Waals surface area contributed by atoms with E-state index >= 15 is 0 Å². The summed E-state index contributed by atoms with van der Waals surface area (Å²) < 4.78 is 5.53. The Kier molecular flexibility index (Phi) is 7.53. The Morgan fingerprint density at radius 3 is 2.72 bits per heavy atom. The van der Waals surface area contributed by atoms with Crippen LogP contribution in [0.3, 0.4) is 0 Å². The lowest BCUT2D eigenvalue weighted by atomic mass is 10.1. The van der Waals surface area contributed by atoms with E-state index < -0.39 is 0 Å². The lowest BCUT2D eigenvalue weighted by Gasteiger charge is -2.17. The molecule has 1 atom stereocenters. The molecule has 5 nitrogen and oxygen atoms in total. The zero-order chi connectivity index (χ0) is 20.8. The molecule has 2 aromatic carbocycles. The number of carbonyl (C=O) groups excluding carboxylic acids is 2. The standard InChI is InChI=1S/C22H24Cl2N2O3/c1-15(27)18-4-2-3-5-21(18)29-14-22(28)25-11-17-8-9-26(13-17)12-16-6-7-19(23)20(24)10-16/h2-7,10,17H,8-9,11-14H2,1H3,(H,25,28). The Morgan fingerprint density at radius 2 is 1.97 bits per heavy atom. The Morgan fingerprint density at radius 1 is 1.17 bits per heavy atom. The molecule has 0 radical (unpaired) electrons. The summed E-state index contributed by atoms with van der Waals surface area (Å²) in [5.74, 6) is 0.551. The molecule has 1 saturated heterocycles. The third kappa shape index (κ3) is 6.20. The van der Waals surface area contributed by atoms with Gasteiger partial charge in [0.25, 0.3) is 5.91 Å². The van der Waals surface area contributed by atoms with E-state index in [0.29, 0.717) is 33.8 Å². The second-order valence-electron chi connectivity index (χ2n) is 7.28. The topological polar surface area (TPSA) is 58.6 Å². The number of hydrogen-bond acceptors (Lipinski definition) is 4. The lowest BCUT2D eigenvalue weighted by molar-refractivity contribution is -0.123. The summed E-state index contributed by atoms with van der Waals surface area (Å²) in [5.41, 5.74) is 1.61. The van der Waals surface area contributed by atoms with Gasteiger partial charge in [-0.1, -0.05) is 41.4 Å². The van der Waals surface area contributed by atoms with Crippen molar-refractivity contribution < 1.29 is 14.3 Å². The van der Waals surface area contributed by atoms with Crippen LogP contribution in [0.2, 0.25) is 10.0 Å². The molecule has 29 heavy (non-hydrogen) atoms. The molecule has 1 fully saturated rings. The van der Waals surface area contributed by atoms with Crippen LogP contribution in [0.25, 0.3) is 0 Å². The van der Waals surface area contributed by atoms with Gasteiger partial charge in [-0.2, -0.15) is 0 Å². The molecule has 1 aliphatic heterocycles. The maximum Gasteiger partial charge on any atom is 0.257 e. The van der Waals surface area contributed by atoms with Crippen molar-refractivity contribution >= 4 is 34.9 Å². The van der Waals surface area contributed by atoms with Crippen LogP contribution in [0.4, 0.5) is 0 Å². The molecule has 0 aliphatic carbocycles. The molecular formula is C22H24Cl2N2O3. The zero-order valence-electron chi connectivity index (χ0n) is 16.3. The molecule has 2 aromatic rings. The molecule has 0 saturated carbocycles. The van der Waals surface area contributed by atoms with Gasteiger partial charge in [0, 0.05) is 19.6 Å². The summed E-state index contributed by atoms with van der Waals surface area (Å²) in [4.78, 5) is 26.1. The first-order valence-electron chi connectivity index (χ1n) is 9.58. The fourth-order valence-corrected chi connectivity index (χ4v) is 3.78. The second kappa shape index (κ2) is 10.1. The van der Waals surface area contributed by atoms with Crippen molar-refractivity contribution in [3.05, 3.63) is 63.6 Å². The van der Waals surface area contributed by atoms with Crippen LogP contribution in [0.5, 0.6) is 5.75 Å². The zero-order valence-corrected chi connectivity index (χ0v) is 17.8. The summed E-state index contributed by atoms with van der Waals surface area (Å²) >= 11 is 12.1. The number of likely N-dealkylation sites (tertiary alicyclic amines) is 1. The van der Waals surface area contributed by atoms with E-state index in [1.807, 2.05) is 18.2 Å². The number of nitrogens with zero attached hydrogens (tertiary/aromatic N) is 1. The van der Waals surface area contributed by atoms with Crippen LogP contribution in [-0.2, 0) is 11.3 Å². The summed E-state index contributed by atoms with van der Waals surface area (Å²) in [7, 11) is 0. The van der Waals surface area contributed by atoms with Crippen LogP contribution in [0, 0.1) is 5.92 Å². The third-order valence-corrected chi connectivity index (χ3v) is 5.71. The number of carbonyl (C=O) groups is 2. The SMILES string of the molecule is CC(=O)c1ccccc1OCC(=O)NCC1CCN(Cc2ccc(Cl)c(Cl)c2)C1. The number of hydrogen-bond donors (Lipinski definition) is 1. The van der Waals surface area contributed by atoms with Gasteiger partial charge in [-0.05, 0) is 55.6 Å². The van der Waals surface area contributed by atoms with Gasteiger partial charge in [-0.15, -0.1) is 0 Å². The van der Waals surface area contributed by atoms with Gasteiger partial charge < -0.3 is 10.1 Å². The summed E-state index contributed by atoms with van der Waals surface area (Å²) in [5, 5.41) is 4.06. The smallest absolute Gasteiger partial charge is 0.257 e. The highest BCUT2D eigenvalue weighted by Crippen LogP contribution is 2.25. The molecule has 0 aromatic heterocycles. The molecular weight excluding hydrogens is 411 g/mol. The lowest BCUT2D eigenvalue weighted by Crippen LogP contribution is -2.34. The first-order chi connectivity index (χ1) is 13.9. The van der Waals surface area contributed by atoms with Crippen LogP contribution in [0.15, 0.2) is 42.5 Å². The number of amides is 1. The van der Waals surface area contributed by atoms with Crippen molar-refractivity contribution in [2.45, 2.75) is 19.9 Å². The normalized spacial score (nSPS) is 16.6. The molecule has 3 rings (SSSR count). The van der Waals surface area contributed by atoms with E-state index in [1.165, 1.54) is 6.92 Å². The first-order valence-corrected chi connectivity index (χ1v) is 10.3. The van der Waals surface area contributed by atoms with Gasteiger partial charge >= 0.3 is 0 Å². The largest absolute Gasteiger partial charge is 0.483 e. The van der Waals surface area contributed by atoms with Gasteiger partial charge in [0.15, 0.2) is 12.4 Å². The Balaban J connectivity index is 1.41. The highest BCUT2D eigenvalue weighted by Gasteiger charge is 2.23. The number of nitrogens with one attached hydrogen (secondary N) is 1. The fraction of sp³-hybridized carbons (Fsp3) is 0.364. The van der Waals surface area contributed by atoms with Crippen molar-refractivity contribution in [2.24, 2.45) is 5.92 Å². The summed E-state index contributed by atoms with van der Waals surface area (Å²) in [6.07, 6.45) is 1.02. The average Bonchev–Trinajstić information content (AvgIpc) is 3.15. The van der Waals surface area contributed by atoms with E-state index in [4.69, 9.17) is 27.9 Å². The van der Waals surface area contributed by atoms with Crippen molar-refractivity contribution in [1.29, 1.82) is 0 Å². The van der Waals surface area contributed by atoms with Crippen molar-refractivity contribution in [2.75, 3.05) is 26.2 Å². The Labute approximate surface area is 180 Å². The minimum Gasteiger partial charge on any atom is -0.483 e. The number of Topliss-reactive ketones (excluding diaryl/α,β-unsaturated/α-hetero) is 1. The predicted octanol–water partition coefficient (Wildman–Crippen LogP) is 4.21. The summed E-state index contributed by atoms with van der Waals surface area (Å²) in [6, 6.07) is 12.6. The molecule has 1 amide bonds. The van der Waals surface area contributed by atoms with Gasteiger partial charge in [0.05, 0.1) is 15.6 Å². The highest BCUT2D eigenvalue weighted by molar-refractivity contribution is 6.42. The average molecular weight is 435 g/mol. The minimum absolute atomic E-state index is 0.0889. The van der Waals surface area contributed by atoms with E-state index in [-0.39, 0.29) is 18.3 Å². The van der Waals surface area contributed by atoms with Crippen LogP contribution >= 0.6 is 23.2 Å². The third-order valence-electron chi connectivity index (χ3n) is 4.97.